The molecule has 1 rings (SSSR count). The molecule has 0 aromatic rings. The average Bonchev–Trinajstić information content (AvgIpc) is 1.91. The SMILES string of the molecule is [B]C[B]C1CCCCC1. The Morgan fingerprint density at radius 3 is 2.44 bits per heavy atom. The zero-order valence-corrected chi connectivity index (χ0v) is 5.97. The molecule has 1 aliphatic carbocycles. The molecule has 3 radical (unpaired) electrons. The fraction of sp³-hybridized carbons (Fsp3) is 1.00. The van der Waals surface area contributed by atoms with Crippen LogP contribution in [0.2, 0.25) is 12.0 Å². The van der Waals surface area contributed by atoms with Crippen LogP contribution in [0.3, 0.4) is 0 Å². The topological polar surface area (TPSA) is 0 Å². The number of hydrogen-bond donors (Lipinski definition) is 0. The molecule has 1 saturated carbocycles. The van der Waals surface area contributed by atoms with Crippen molar-refractivity contribution in [1.29, 1.82) is 0 Å². The van der Waals surface area contributed by atoms with Gasteiger partial charge in [0.25, 0.3) is 0 Å². The van der Waals surface area contributed by atoms with Crippen LogP contribution < -0.4 is 0 Å². The molecule has 0 bridgehead atoms. The van der Waals surface area contributed by atoms with Gasteiger partial charge in [0.2, 0.25) is 0 Å². The van der Waals surface area contributed by atoms with E-state index in [4.69, 9.17) is 7.85 Å². The first-order valence-corrected chi connectivity index (χ1v) is 3.97. The maximum absolute atomic E-state index is 5.40. The van der Waals surface area contributed by atoms with Crippen molar-refractivity contribution in [3.05, 3.63) is 0 Å². The Morgan fingerprint density at radius 1 is 1.22 bits per heavy atom. The lowest BCUT2D eigenvalue weighted by atomic mass is 9.53. The van der Waals surface area contributed by atoms with Crippen molar-refractivity contribution in [1.82, 2.24) is 0 Å². The Labute approximate surface area is 60.1 Å². The van der Waals surface area contributed by atoms with Gasteiger partial charge in [-0.3, -0.25) is 0 Å². The van der Waals surface area contributed by atoms with Crippen LogP contribution in [0, 0.1) is 0 Å². The third kappa shape index (κ3) is 2.47. The molecule has 0 aromatic heterocycles. The van der Waals surface area contributed by atoms with Gasteiger partial charge in [0, 0.05) is 0 Å². The van der Waals surface area contributed by atoms with Crippen LogP contribution in [0.5, 0.6) is 0 Å². The average molecular weight is 119 g/mol. The third-order valence-electron chi connectivity index (χ3n) is 2.12. The molecule has 0 nitrogen and oxygen atoms in total. The maximum atomic E-state index is 5.40. The van der Waals surface area contributed by atoms with Gasteiger partial charge in [-0.05, 0) is 0 Å². The zero-order chi connectivity index (χ0) is 6.53. The summed E-state index contributed by atoms with van der Waals surface area (Å²) in [5, 5.41) is 0. The Morgan fingerprint density at radius 2 is 1.89 bits per heavy atom. The Kier molecular flexibility index (Phi) is 3.24. The smallest absolute Gasteiger partial charge is 0.104 e. The monoisotopic (exact) mass is 119 g/mol. The van der Waals surface area contributed by atoms with Crippen LogP contribution in [-0.2, 0) is 0 Å². The summed E-state index contributed by atoms with van der Waals surface area (Å²) >= 11 is 0. The number of hydrogen-bond acceptors (Lipinski definition) is 0. The maximum Gasteiger partial charge on any atom is 0.104 e. The summed E-state index contributed by atoms with van der Waals surface area (Å²) in [4.78, 5) is 0. The minimum atomic E-state index is 0.769. The molecule has 1 aliphatic rings. The molecule has 47 valence electrons. The molecular weight excluding hydrogens is 106 g/mol. The molecular formula is C7H13B2. The van der Waals surface area contributed by atoms with Crippen molar-refractivity contribution in [2.75, 3.05) is 0 Å². The standard InChI is InChI=1S/C7H13B2/c8-6-9-7-4-2-1-3-5-7/h7H,1-6H2. The van der Waals surface area contributed by atoms with Gasteiger partial charge in [0.05, 0.1) is 7.85 Å². The largest absolute Gasteiger partial charge is 0.114 e. The first-order valence-electron chi connectivity index (χ1n) is 3.97. The molecule has 2 heteroatoms. The van der Waals surface area contributed by atoms with E-state index in [1.54, 1.807) is 0 Å². The second kappa shape index (κ2) is 4.03. The van der Waals surface area contributed by atoms with E-state index in [2.05, 4.69) is 7.28 Å². The highest BCUT2D eigenvalue weighted by Gasteiger charge is 2.11. The minimum absolute atomic E-state index is 0.769. The summed E-state index contributed by atoms with van der Waals surface area (Å²) in [6.07, 6.45) is 7.82. The van der Waals surface area contributed by atoms with Crippen molar-refractivity contribution in [3.63, 3.8) is 0 Å². The van der Waals surface area contributed by atoms with Gasteiger partial charge in [-0.15, -0.1) is 6.22 Å². The van der Waals surface area contributed by atoms with Gasteiger partial charge in [-0.2, -0.15) is 0 Å². The summed E-state index contributed by atoms with van der Waals surface area (Å²) < 4.78 is 0. The molecule has 0 amide bonds. The summed E-state index contributed by atoms with van der Waals surface area (Å²) in [6.45, 7) is 0. The van der Waals surface area contributed by atoms with Crippen LogP contribution in [0.15, 0.2) is 0 Å². The lowest BCUT2D eigenvalue weighted by Crippen LogP contribution is -2.07. The summed E-state index contributed by atoms with van der Waals surface area (Å²) in [6, 6.07) is 0. The fourth-order valence-electron chi connectivity index (χ4n) is 1.56. The van der Waals surface area contributed by atoms with Crippen molar-refractivity contribution in [2.24, 2.45) is 0 Å². The predicted molar refractivity (Wildman–Crippen MR) is 43.2 cm³/mol. The molecule has 0 atom stereocenters. The lowest BCUT2D eigenvalue weighted by Gasteiger charge is -2.19. The lowest BCUT2D eigenvalue weighted by molar-refractivity contribution is 0.501. The van der Waals surface area contributed by atoms with Gasteiger partial charge in [-0.25, -0.2) is 0 Å². The molecule has 9 heavy (non-hydrogen) atoms. The van der Waals surface area contributed by atoms with Gasteiger partial charge >= 0.3 is 0 Å². The Hall–Kier alpha value is 0.130. The van der Waals surface area contributed by atoms with Crippen LogP contribution in [-0.4, -0.2) is 15.1 Å². The highest BCUT2D eigenvalue weighted by atomic mass is 14.1. The summed E-state index contributed by atoms with van der Waals surface area (Å²) in [7, 11) is 7.67. The fourth-order valence-corrected chi connectivity index (χ4v) is 1.56. The van der Waals surface area contributed by atoms with E-state index in [1.165, 1.54) is 32.1 Å². The van der Waals surface area contributed by atoms with Crippen molar-refractivity contribution < 1.29 is 0 Å². The molecule has 0 saturated heterocycles. The minimum Gasteiger partial charge on any atom is -0.114 e. The van der Waals surface area contributed by atoms with E-state index in [-0.39, 0.29) is 0 Å². The molecule has 0 N–H and O–H groups in total. The molecule has 0 spiro atoms. The summed E-state index contributed by atoms with van der Waals surface area (Å²) in [5.41, 5.74) is 0. The van der Waals surface area contributed by atoms with E-state index in [9.17, 15) is 0 Å². The second-order valence-electron chi connectivity index (χ2n) is 2.87. The van der Waals surface area contributed by atoms with Crippen molar-refractivity contribution in [2.45, 2.75) is 44.1 Å². The van der Waals surface area contributed by atoms with E-state index in [0.29, 0.717) is 0 Å². The van der Waals surface area contributed by atoms with Crippen molar-refractivity contribution >= 4 is 15.1 Å². The predicted octanol–water partition coefficient (Wildman–Crippen LogP) is 1.99. The van der Waals surface area contributed by atoms with E-state index < -0.39 is 0 Å². The molecule has 0 aliphatic heterocycles. The van der Waals surface area contributed by atoms with Crippen LogP contribution in [0.1, 0.15) is 32.1 Å². The number of rotatable bonds is 2. The van der Waals surface area contributed by atoms with Crippen LogP contribution >= 0.6 is 0 Å². The normalized spacial score (nSPS) is 21.8. The highest BCUT2D eigenvalue weighted by Crippen LogP contribution is 2.27. The summed E-state index contributed by atoms with van der Waals surface area (Å²) in [5.74, 6) is 0.851. The van der Waals surface area contributed by atoms with E-state index in [1.807, 2.05) is 0 Å². The highest BCUT2D eigenvalue weighted by molar-refractivity contribution is 6.48. The van der Waals surface area contributed by atoms with Gasteiger partial charge in [-0.1, -0.05) is 37.9 Å². The first kappa shape index (κ1) is 7.24. The molecule has 0 unspecified atom stereocenters. The first-order chi connectivity index (χ1) is 4.43. The Bertz CT molecular complexity index is 64.6. The van der Waals surface area contributed by atoms with Gasteiger partial charge < -0.3 is 0 Å². The molecule has 0 aromatic carbocycles. The van der Waals surface area contributed by atoms with Crippen LogP contribution in [0.25, 0.3) is 0 Å². The zero-order valence-electron chi connectivity index (χ0n) is 5.97. The van der Waals surface area contributed by atoms with E-state index >= 15 is 0 Å². The molecule has 1 fully saturated rings. The van der Waals surface area contributed by atoms with Crippen molar-refractivity contribution in [3.8, 4) is 0 Å². The van der Waals surface area contributed by atoms with E-state index in [0.717, 1.165) is 12.0 Å². The van der Waals surface area contributed by atoms with Crippen LogP contribution in [0.4, 0.5) is 0 Å². The quantitative estimate of drug-likeness (QED) is 0.487. The van der Waals surface area contributed by atoms with Gasteiger partial charge in [0.1, 0.15) is 7.28 Å². The second-order valence-corrected chi connectivity index (χ2v) is 2.87. The third-order valence-corrected chi connectivity index (χ3v) is 2.12. The molecule has 0 heterocycles. The van der Waals surface area contributed by atoms with Gasteiger partial charge in [0.15, 0.2) is 0 Å². The Balaban J connectivity index is 2.08.